The van der Waals surface area contributed by atoms with Crippen LogP contribution < -0.4 is 14.8 Å². The third-order valence-corrected chi connectivity index (χ3v) is 3.44. The third-order valence-electron chi connectivity index (χ3n) is 3.44. The molecule has 0 fully saturated rings. The SMILES string of the molecule is COc1cccc(OCC(=O)NCc2nnnn2-c2cccc(F)c2)c1. The molecule has 0 aliphatic rings. The second-order valence-corrected chi connectivity index (χ2v) is 5.23. The van der Waals surface area contributed by atoms with E-state index in [1.807, 2.05) is 0 Å². The van der Waals surface area contributed by atoms with Gasteiger partial charge in [0.2, 0.25) is 0 Å². The molecule has 9 heteroatoms. The van der Waals surface area contributed by atoms with Gasteiger partial charge < -0.3 is 14.8 Å². The molecule has 0 bridgehead atoms. The number of methoxy groups -OCH3 is 1. The van der Waals surface area contributed by atoms with Crippen LogP contribution in [0, 0.1) is 5.82 Å². The van der Waals surface area contributed by atoms with E-state index < -0.39 is 5.82 Å². The zero-order valence-corrected chi connectivity index (χ0v) is 13.9. The maximum absolute atomic E-state index is 13.3. The van der Waals surface area contributed by atoms with Crippen LogP contribution in [-0.4, -0.2) is 39.8 Å². The third kappa shape index (κ3) is 4.32. The van der Waals surface area contributed by atoms with Crippen molar-refractivity contribution < 1.29 is 18.7 Å². The van der Waals surface area contributed by atoms with Crippen molar-refractivity contribution in [3.8, 4) is 17.2 Å². The van der Waals surface area contributed by atoms with Crippen molar-refractivity contribution in [3.63, 3.8) is 0 Å². The van der Waals surface area contributed by atoms with E-state index in [4.69, 9.17) is 9.47 Å². The minimum atomic E-state index is -0.403. The molecule has 1 amide bonds. The molecule has 1 N–H and O–H groups in total. The summed E-state index contributed by atoms with van der Waals surface area (Å²) in [7, 11) is 1.55. The van der Waals surface area contributed by atoms with Gasteiger partial charge in [-0.3, -0.25) is 4.79 Å². The molecule has 8 nitrogen and oxygen atoms in total. The summed E-state index contributed by atoms with van der Waals surface area (Å²) in [6.45, 7) is -0.0987. The van der Waals surface area contributed by atoms with E-state index in [-0.39, 0.29) is 19.1 Å². The number of halogens is 1. The molecule has 0 saturated carbocycles. The minimum absolute atomic E-state index is 0.0732. The molecule has 2 aromatic carbocycles. The largest absolute Gasteiger partial charge is 0.497 e. The van der Waals surface area contributed by atoms with Crippen molar-refractivity contribution in [2.24, 2.45) is 0 Å². The van der Waals surface area contributed by atoms with Gasteiger partial charge in [0.1, 0.15) is 17.3 Å². The molecular formula is C17H16FN5O3. The van der Waals surface area contributed by atoms with Gasteiger partial charge in [0.15, 0.2) is 12.4 Å². The zero-order chi connectivity index (χ0) is 18.4. The monoisotopic (exact) mass is 357 g/mol. The standard InChI is InChI=1S/C17H16FN5O3/c1-25-14-6-3-7-15(9-14)26-11-17(24)19-10-16-20-21-22-23(16)13-5-2-4-12(18)8-13/h2-9H,10-11H2,1H3,(H,19,24). The Labute approximate surface area is 148 Å². The highest BCUT2D eigenvalue weighted by Gasteiger charge is 2.11. The summed E-state index contributed by atoms with van der Waals surface area (Å²) in [5, 5.41) is 13.9. The predicted octanol–water partition coefficient (Wildman–Crippen LogP) is 1.51. The minimum Gasteiger partial charge on any atom is -0.497 e. The van der Waals surface area contributed by atoms with Crippen molar-refractivity contribution in [1.29, 1.82) is 0 Å². The molecule has 0 radical (unpaired) electrons. The smallest absolute Gasteiger partial charge is 0.258 e. The first-order chi connectivity index (χ1) is 12.7. The molecule has 0 spiro atoms. The Balaban J connectivity index is 1.56. The van der Waals surface area contributed by atoms with Crippen LogP contribution in [0.25, 0.3) is 5.69 Å². The van der Waals surface area contributed by atoms with Crippen LogP contribution in [-0.2, 0) is 11.3 Å². The van der Waals surface area contributed by atoms with E-state index in [0.29, 0.717) is 23.0 Å². The van der Waals surface area contributed by atoms with Crippen LogP contribution in [0.4, 0.5) is 4.39 Å². The Morgan fingerprint density at radius 2 is 2.00 bits per heavy atom. The van der Waals surface area contributed by atoms with Crippen LogP contribution in [0.15, 0.2) is 48.5 Å². The number of carbonyl (C=O) groups is 1. The number of tetrazole rings is 1. The Morgan fingerprint density at radius 3 is 2.81 bits per heavy atom. The van der Waals surface area contributed by atoms with Gasteiger partial charge in [-0.1, -0.05) is 12.1 Å². The number of rotatable bonds is 7. The molecule has 0 atom stereocenters. The molecule has 3 rings (SSSR count). The van der Waals surface area contributed by atoms with Gasteiger partial charge in [-0.05, 0) is 40.8 Å². The Morgan fingerprint density at radius 1 is 1.19 bits per heavy atom. The molecule has 1 aromatic heterocycles. The van der Waals surface area contributed by atoms with Crippen LogP contribution in [0.3, 0.4) is 0 Å². The highest BCUT2D eigenvalue weighted by molar-refractivity contribution is 5.77. The van der Waals surface area contributed by atoms with Gasteiger partial charge in [-0.2, -0.15) is 4.68 Å². The number of benzene rings is 2. The maximum Gasteiger partial charge on any atom is 0.258 e. The lowest BCUT2D eigenvalue weighted by atomic mass is 10.3. The highest BCUT2D eigenvalue weighted by atomic mass is 19.1. The molecule has 0 aliphatic carbocycles. The fourth-order valence-corrected chi connectivity index (χ4v) is 2.19. The summed E-state index contributed by atoms with van der Waals surface area (Å²) >= 11 is 0. The molecule has 26 heavy (non-hydrogen) atoms. The van der Waals surface area contributed by atoms with Crippen molar-refractivity contribution in [2.75, 3.05) is 13.7 Å². The van der Waals surface area contributed by atoms with Crippen LogP contribution in [0.1, 0.15) is 5.82 Å². The summed E-state index contributed by atoms with van der Waals surface area (Å²) < 4.78 is 25.2. The second-order valence-electron chi connectivity index (χ2n) is 5.23. The lowest BCUT2D eigenvalue weighted by Crippen LogP contribution is -2.29. The normalized spacial score (nSPS) is 10.4. The van der Waals surface area contributed by atoms with Gasteiger partial charge in [0.05, 0.1) is 19.3 Å². The van der Waals surface area contributed by atoms with E-state index in [1.165, 1.54) is 16.8 Å². The van der Waals surface area contributed by atoms with Crippen molar-refractivity contribution >= 4 is 5.91 Å². The summed E-state index contributed by atoms with van der Waals surface area (Å²) in [5.74, 6) is 0.771. The van der Waals surface area contributed by atoms with E-state index in [9.17, 15) is 9.18 Å². The number of nitrogens with zero attached hydrogens (tertiary/aromatic N) is 4. The molecule has 0 unspecified atom stereocenters. The van der Waals surface area contributed by atoms with Crippen molar-refractivity contribution in [1.82, 2.24) is 25.5 Å². The van der Waals surface area contributed by atoms with Gasteiger partial charge in [0.25, 0.3) is 5.91 Å². The predicted molar refractivity (Wildman–Crippen MR) is 89.4 cm³/mol. The quantitative estimate of drug-likeness (QED) is 0.689. The summed E-state index contributed by atoms with van der Waals surface area (Å²) in [6, 6.07) is 12.8. The van der Waals surface area contributed by atoms with Gasteiger partial charge in [0, 0.05) is 6.07 Å². The lowest BCUT2D eigenvalue weighted by Gasteiger charge is -2.09. The summed E-state index contributed by atoms with van der Waals surface area (Å²) in [6.07, 6.45) is 0. The summed E-state index contributed by atoms with van der Waals surface area (Å²) in [5.41, 5.74) is 0.465. The number of amides is 1. The Bertz CT molecular complexity index is 899. The van der Waals surface area contributed by atoms with Gasteiger partial charge in [-0.15, -0.1) is 5.10 Å². The first kappa shape index (κ1) is 17.3. The average molecular weight is 357 g/mol. The first-order valence-electron chi connectivity index (χ1n) is 7.72. The average Bonchev–Trinajstić information content (AvgIpc) is 3.13. The highest BCUT2D eigenvalue weighted by Crippen LogP contribution is 2.18. The summed E-state index contributed by atoms with van der Waals surface area (Å²) in [4.78, 5) is 12.0. The molecule has 0 aliphatic heterocycles. The first-order valence-corrected chi connectivity index (χ1v) is 7.72. The molecule has 3 aromatic rings. The molecule has 0 saturated heterocycles. The number of hydrogen-bond acceptors (Lipinski definition) is 6. The fourth-order valence-electron chi connectivity index (χ4n) is 2.19. The van der Waals surface area contributed by atoms with E-state index in [1.54, 1.807) is 43.5 Å². The Kier molecular flexibility index (Phi) is 5.37. The van der Waals surface area contributed by atoms with Crippen LogP contribution >= 0.6 is 0 Å². The van der Waals surface area contributed by atoms with Crippen LogP contribution in [0.2, 0.25) is 0 Å². The molecule has 1 heterocycles. The van der Waals surface area contributed by atoms with Crippen molar-refractivity contribution in [3.05, 3.63) is 60.2 Å². The molecule has 134 valence electrons. The zero-order valence-electron chi connectivity index (χ0n) is 13.9. The lowest BCUT2D eigenvalue weighted by molar-refractivity contribution is -0.123. The van der Waals surface area contributed by atoms with Crippen molar-refractivity contribution in [2.45, 2.75) is 6.54 Å². The van der Waals surface area contributed by atoms with Gasteiger partial charge in [-0.25, -0.2) is 4.39 Å². The second kappa shape index (κ2) is 8.06. The number of nitrogens with one attached hydrogen (secondary N) is 1. The number of carbonyl (C=O) groups excluding carboxylic acids is 1. The van der Waals surface area contributed by atoms with E-state index in [2.05, 4.69) is 20.8 Å². The topological polar surface area (TPSA) is 91.2 Å². The number of ether oxygens (including phenoxy) is 2. The van der Waals surface area contributed by atoms with Gasteiger partial charge >= 0.3 is 0 Å². The van der Waals surface area contributed by atoms with E-state index >= 15 is 0 Å². The number of hydrogen-bond donors (Lipinski definition) is 1. The maximum atomic E-state index is 13.3. The molecular weight excluding hydrogens is 341 g/mol. The Hall–Kier alpha value is -3.49. The van der Waals surface area contributed by atoms with E-state index in [0.717, 1.165) is 0 Å². The fraction of sp³-hybridized carbons (Fsp3) is 0.176. The number of aromatic nitrogens is 4. The van der Waals surface area contributed by atoms with Crippen LogP contribution in [0.5, 0.6) is 11.5 Å².